The van der Waals surface area contributed by atoms with Crippen LogP contribution in [0.5, 0.6) is 11.5 Å². The van der Waals surface area contributed by atoms with Crippen LogP contribution < -0.4 is 19.1 Å². The van der Waals surface area contributed by atoms with Crippen molar-refractivity contribution < 1.29 is 31.9 Å². The normalized spacial score (nSPS) is 11.8. The van der Waals surface area contributed by atoms with Crippen LogP contribution in [0.25, 0.3) is 0 Å². The van der Waals surface area contributed by atoms with Gasteiger partial charge in [0.05, 0.1) is 24.3 Å². The van der Waals surface area contributed by atoms with Crippen LogP contribution in [-0.2, 0) is 32.6 Å². The number of benzene rings is 4. The smallest absolute Gasteiger partial charge is 0.264 e. The van der Waals surface area contributed by atoms with E-state index in [1.54, 1.807) is 18.2 Å². The van der Waals surface area contributed by atoms with Crippen LogP contribution in [-0.4, -0.2) is 58.0 Å². The number of amides is 2. The van der Waals surface area contributed by atoms with E-state index in [4.69, 9.17) is 9.47 Å². The summed E-state index contributed by atoms with van der Waals surface area (Å²) in [6.45, 7) is 4.00. The Labute approximate surface area is 282 Å². The highest BCUT2D eigenvalue weighted by Crippen LogP contribution is 2.27. The van der Waals surface area contributed by atoms with Crippen LogP contribution in [0.3, 0.4) is 0 Å². The zero-order valence-electron chi connectivity index (χ0n) is 27.5. The third-order valence-corrected chi connectivity index (χ3v) is 9.49. The lowest BCUT2D eigenvalue weighted by atomic mass is 10.0. The third-order valence-electron chi connectivity index (χ3n) is 7.70. The maximum Gasteiger partial charge on any atom is 0.264 e. The zero-order chi connectivity index (χ0) is 34.5. The average molecular weight is 676 g/mol. The van der Waals surface area contributed by atoms with Gasteiger partial charge in [-0.25, -0.2) is 12.8 Å². The van der Waals surface area contributed by atoms with Crippen molar-refractivity contribution in [3.8, 4) is 11.5 Å². The van der Waals surface area contributed by atoms with Crippen molar-refractivity contribution in [2.24, 2.45) is 0 Å². The Bertz CT molecular complexity index is 1740. The first-order valence-corrected chi connectivity index (χ1v) is 17.4. The first kappa shape index (κ1) is 35.9. The Morgan fingerprint density at radius 2 is 1.54 bits per heavy atom. The summed E-state index contributed by atoms with van der Waals surface area (Å²) >= 11 is 0. The van der Waals surface area contributed by atoms with E-state index in [9.17, 15) is 22.4 Å². The molecule has 1 atom stereocenters. The minimum Gasteiger partial charge on any atom is -0.497 e. The predicted molar refractivity (Wildman–Crippen MR) is 184 cm³/mol. The topological polar surface area (TPSA) is 105 Å². The summed E-state index contributed by atoms with van der Waals surface area (Å²) in [5.41, 5.74) is 1.60. The lowest BCUT2D eigenvalue weighted by Gasteiger charge is -2.34. The summed E-state index contributed by atoms with van der Waals surface area (Å²) in [6.07, 6.45) is 1.81. The fourth-order valence-corrected chi connectivity index (χ4v) is 6.58. The Morgan fingerprint density at radius 3 is 2.19 bits per heavy atom. The summed E-state index contributed by atoms with van der Waals surface area (Å²) < 4.78 is 54.2. The number of sulfonamides is 1. The van der Waals surface area contributed by atoms with Gasteiger partial charge in [0, 0.05) is 19.5 Å². The maximum absolute atomic E-state index is 14.6. The highest BCUT2D eigenvalue weighted by molar-refractivity contribution is 7.92. The molecule has 0 aliphatic rings. The number of nitrogens with one attached hydrogen (secondary N) is 1. The summed E-state index contributed by atoms with van der Waals surface area (Å²) in [5.74, 6) is -0.481. The first-order valence-electron chi connectivity index (χ1n) is 15.9. The molecule has 0 aliphatic heterocycles. The van der Waals surface area contributed by atoms with Crippen molar-refractivity contribution >= 4 is 27.5 Å². The molecule has 4 rings (SSSR count). The number of nitrogens with zero attached hydrogens (tertiary/aromatic N) is 2. The summed E-state index contributed by atoms with van der Waals surface area (Å²) in [5, 5.41) is 2.97. The SMILES string of the molecule is CCCCNC(=O)[C@H](Cc1ccccc1)N(Cc1cccc(OC)c1)C(=O)CN(c1ccc(F)cc1)S(=O)(=O)c1ccc(OCC)cc1. The molecule has 0 bridgehead atoms. The standard InChI is InChI=1S/C37H42FN3O6S/c1-4-6-23-39-37(43)35(25-28-11-8-7-9-12-28)40(26-29-13-10-14-33(24-29)46-3)36(42)27-41(31-17-15-30(38)16-18-31)48(44,45)34-21-19-32(20-22-34)47-5-2/h7-22,24,35H,4-6,23,25-27H2,1-3H3,(H,39,43)/t35-/m0/s1. The van der Waals surface area contributed by atoms with Gasteiger partial charge in [-0.05, 0) is 85.1 Å². The van der Waals surface area contributed by atoms with Gasteiger partial charge in [0.2, 0.25) is 11.8 Å². The van der Waals surface area contributed by atoms with E-state index in [1.165, 1.54) is 48.4 Å². The molecule has 254 valence electrons. The lowest BCUT2D eigenvalue weighted by Crippen LogP contribution is -2.53. The van der Waals surface area contributed by atoms with Crippen molar-refractivity contribution in [3.63, 3.8) is 0 Å². The van der Waals surface area contributed by atoms with E-state index in [0.29, 0.717) is 30.2 Å². The molecule has 4 aromatic carbocycles. The summed E-state index contributed by atoms with van der Waals surface area (Å²) in [6, 6.07) is 26.2. The number of hydrogen-bond acceptors (Lipinski definition) is 6. The largest absolute Gasteiger partial charge is 0.497 e. The quantitative estimate of drug-likeness (QED) is 0.138. The second kappa shape index (κ2) is 17.3. The van der Waals surface area contributed by atoms with Gasteiger partial charge in [0.15, 0.2) is 0 Å². The molecular formula is C37H42FN3O6S. The van der Waals surface area contributed by atoms with Crippen LogP contribution in [0.1, 0.15) is 37.8 Å². The van der Waals surface area contributed by atoms with Gasteiger partial charge >= 0.3 is 0 Å². The highest BCUT2D eigenvalue weighted by atomic mass is 32.2. The average Bonchev–Trinajstić information content (AvgIpc) is 3.10. The second-order valence-corrected chi connectivity index (χ2v) is 13.0. The van der Waals surface area contributed by atoms with E-state index < -0.39 is 34.3 Å². The lowest BCUT2D eigenvalue weighted by molar-refractivity contribution is -0.140. The molecule has 48 heavy (non-hydrogen) atoms. The third kappa shape index (κ3) is 9.57. The molecule has 0 saturated carbocycles. The number of unbranched alkanes of at least 4 members (excludes halogenated alkanes) is 1. The monoisotopic (exact) mass is 675 g/mol. The molecule has 2 amide bonds. The van der Waals surface area contributed by atoms with Gasteiger partial charge in [-0.1, -0.05) is 55.8 Å². The number of rotatable bonds is 17. The minimum atomic E-state index is -4.35. The predicted octanol–water partition coefficient (Wildman–Crippen LogP) is 5.98. The second-order valence-electron chi connectivity index (χ2n) is 11.1. The fraction of sp³-hybridized carbons (Fsp3) is 0.297. The molecule has 0 saturated heterocycles. The molecule has 0 aromatic heterocycles. The first-order chi connectivity index (χ1) is 23.2. The maximum atomic E-state index is 14.6. The van der Waals surface area contributed by atoms with E-state index in [1.807, 2.05) is 50.2 Å². The number of halogens is 1. The molecule has 0 aliphatic carbocycles. The number of carbonyl (C=O) groups excluding carboxylic acids is 2. The van der Waals surface area contributed by atoms with Crippen molar-refractivity contribution in [1.82, 2.24) is 10.2 Å². The van der Waals surface area contributed by atoms with Gasteiger partial charge in [-0.3, -0.25) is 13.9 Å². The molecule has 0 unspecified atom stereocenters. The number of anilines is 1. The van der Waals surface area contributed by atoms with Crippen LogP contribution in [0, 0.1) is 5.82 Å². The van der Waals surface area contributed by atoms with Gasteiger partial charge < -0.3 is 19.7 Å². The Kier molecular flexibility index (Phi) is 13.0. The van der Waals surface area contributed by atoms with Gasteiger partial charge in [0.1, 0.15) is 29.9 Å². The van der Waals surface area contributed by atoms with Crippen LogP contribution in [0.2, 0.25) is 0 Å². The molecule has 4 aromatic rings. The Hall–Kier alpha value is -4.90. The van der Waals surface area contributed by atoms with Crippen molar-refractivity contribution in [2.45, 2.75) is 50.6 Å². The van der Waals surface area contributed by atoms with E-state index in [0.717, 1.165) is 34.8 Å². The fourth-order valence-electron chi connectivity index (χ4n) is 5.17. The van der Waals surface area contributed by atoms with E-state index in [-0.39, 0.29) is 29.5 Å². The molecule has 0 fully saturated rings. The molecule has 1 N–H and O–H groups in total. The zero-order valence-corrected chi connectivity index (χ0v) is 28.3. The van der Waals surface area contributed by atoms with Gasteiger partial charge in [-0.2, -0.15) is 0 Å². The number of hydrogen-bond donors (Lipinski definition) is 1. The van der Waals surface area contributed by atoms with Crippen molar-refractivity contribution in [2.75, 3.05) is 31.1 Å². The van der Waals surface area contributed by atoms with Gasteiger partial charge in [0.25, 0.3) is 10.0 Å². The molecule has 9 nitrogen and oxygen atoms in total. The molecular weight excluding hydrogens is 633 g/mol. The van der Waals surface area contributed by atoms with Crippen LogP contribution in [0.15, 0.2) is 108 Å². The molecule has 0 spiro atoms. The van der Waals surface area contributed by atoms with Crippen LogP contribution in [0.4, 0.5) is 10.1 Å². The highest BCUT2D eigenvalue weighted by Gasteiger charge is 2.34. The van der Waals surface area contributed by atoms with E-state index >= 15 is 0 Å². The van der Waals surface area contributed by atoms with Crippen molar-refractivity contribution in [3.05, 3.63) is 120 Å². The number of carbonyl (C=O) groups is 2. The molecule has 0 heterocycles. The summed E-state index contributed by atoms with van der Waals surface area (Å²) in [4.78, 5) is 29.7. The minimum absolute atomic E-state index is 0.00487. The number of ether oxygens (including phenoxy) is 2. The molecule has 11 heteroatoms. The Morgan fingerprint density at radius 1 is 0.854 bits per heavy atom. The Balaban J connectivity index is 1.79. The van der Waals surface area contributed by atoms with Crippen molar-refractivity contribution in [1.29, 1.82) is 0 Å². The van der Waals surface area contributed by atoms with Crippen LogP contribution >= 0.6 is 0 Å². The van der Waals surface area contributed by atoms with E-state index in [2.05, 4.69) is 5.32 Å². The number of methoxy groups -OCH3 is 1. The summed E-state index contributed by atoms with van der Waals surface area (Å²) in [7, 11) is -2.81. The van der Waals surface area contributed by atoms with Gasteiger partial charge in [-0.15, -0.1) is 0 Å². The molecule has 0 radical (unpaired) electrons.